The molecule has 23 heavy (non-hydrogen) atoms. The first-order chi connectivity index (χ1) is 11.0. The average Bonchev–Trinajstić information content (AvgIpc) is 2.95. The van der Waals surface area contributed by atoms with E-state index in [4.69, 9.17) is 0 Å². The SMILES string of the molecule is Cc1cc(NC2CCN[C@@H]2C(=O)O)nc(-c2ccc(Br)cc2)n1. The Bertz CT molecular complexity index is 721. The summed E-state index contributed by atoms with van der Waals surface area (Å²) in [6.07, 6.45) is 0.744. The molecule has 1 aliphatic rings. The molecule has 1 aliphatic heterocycles. The van der Waals surface area contributed by atoms with Gasteiger partial charge in [-0.2, -0.15) is 0 Å². The lowest BCUT2D eigenvalue weighted by atomic mass is 10.1. The van der Waals surface area contributed by atoms with Crippen LogP contribution in [0.4, 0.5) is 5.82 Å². The third-order valence-electron chi connectivity index (χ3n) is 3.78. The molecule has 1 fully saturated rings. The number of carboxylic acids is 1. The first kappa shape index (κ1) is 15.9. The molecule has 2 aromatic rings. The molecule has 0 aliphatic carbocycles. The van der Waals surface area contributed by atoms with Crippen molar-refractivity contribution in [3.05, 3.63) is 40.5 Å². The molecule has 1 aromatic heterocycles. The van der Waals surface area contributed by atoms with E-state index in [9.17, 15) is 9.90 Å². The van der Waals surface area contributed by atoms with Crippen LogP contribution in [0.15, 0.2) is 34.8 Å². The highest BCUT2D eigenvalue weighted by Gasteiger charge is 2.32. The average molecular weight is 377 g/mol. The number of hydrogen-bond donors (Lipinski definition) is 3. The number of carboxylic acid groups (broad SMARTS) is 1. The Morgan fingerprint density at radius 3 is 2.78 bits per heavy atom. The number of aryl methyl sites for hydroxylation is 1. The third kappa shape index (κ3) is 3.68. The summed E-state index contributed by atoms with van der Waals surface area (Å²) in [6, 6.07) is 8.82. The van der Waals surface area contributed by atoms with E-state index in [0.29, 0.717) is 18.2 Å². The zero-order valence-corrected chi connectivity index (χ0v) is 14.2. The van der Waals surface area contributed by atoms with Gasteiger partial charge in [-0.3, -0.25) is 4.79 Å². The number of nitrogens with zero attached hydrogens (tertiary/aromatic N) is 2. The molecule has 0 bridgehead atoms. The zero-order chi connectivity index (χ0) is 16.4. The van der Waals surface area contributed by atoms with Crippen LogP contribution in [-0.4, -0.2) is 39.7 Å². The van der Waals surface area contributed by atoms with Crippen molar-refractivity contribution in [2.75, 3.05) is 11.9 Å². The second-order valence-corrected chi connectivity index (χ2v) is 6.45. The van der Waals surface area contributed by atoms with Gasteiger partial charge >= 0.3 is 5.97 Å². The van der Waals surface area contributed by atoms with Gasteiger partial charge in [-0.25, -0.2) is 9.97 Å². The van der Waals surface area contributed by atoms with Crippen molar-refractivity contribution in [2.45, 2.75) is 25.4 Å². The molecule has 1 aromatic carbocycles. The number of halogens is 1. The van der Waals surface area contributed by atoms with Crippen molar-refractivity contribution in [3.8, 4) is 11.4 Å². The molecule has 0 amide bonds. The topological polar surface area (TPSA) is 87.1 Å². The van der Waals surface area contributed by atoms with Crippen LogP contribution in [0.1, 0.15) is 12.1 Å². The molecule has 7 heteroatoms. The van der Waals surface area contributed by atoms with E-state index < -0.39 is 12.0 Å². The number of carbonyl (C=O) groups is 1. The molecule has 6 nitrogen and oxygen atoms in total. The van der Waals surface area contributed by atoms with E-state index in [1.807, 2.05) is 37.3 Å². The van der Waals surface area contributed by atoms with Gasteiger partial charge in [-0.15, -0.1) is 0 Å². The van der Waals surface area contributed by atoms with Crippen LogP contribution in [0.3, 0.4) is 0 Å². The van der Waals surface area contributed by atoms with Gasteiger partial charge in [0.2, 0.25) is 0 Å². The molecule has 2 heterocycles. The number of rotatable bonds is 4. The zero-order valence-electron chi connectivity index (χ0n) is 12.6. The Kier molecular flexibility index (Phi) is 4.58. The summed E-state index contributed by atoms with van der Waals surface area (Å²) in [5.41, 5.74) is 1.75. The standard InChI is InChI=1S/C16H17BrN4O2/c1-9-8-13(20-12-6-7-18-14(12)16(22)23)21-15(19-9)10-2-4-11(17)5-3-10/h2-5,8,12,14,18H,6-7H2,1H3,(H,22,23)(H,19,20,21)/t12?,14-/m0/s1. The normalized spacial score (nSPS) is 20.4. The van der Waals surface area contributed by atoms with E-state index in [1.54, 1.807) is 0 Å². The predicted octanol–water partition coefficient (Wildman–Crippen LogP) is 2.44. The highest BCUT2D eigenvalue weighted by Crippen LogP contribution is 2.22. The summed E-state index contributed by atoms with van der Waals surface area (Å²) in [4.78, 5) is 20.2. The number of benzene rings is 1. The van der Waals surface area contributed by atoms with E-state index in [-0.39, 0.29) is 6.04 Å². The van der Waals surface area contributed by atoms with Crippen LogP contribution in [0.5, 0.6) is 0 Å². The fraction of sp³-hybridized carbons (Fsp3) is 0.312. The lowest BCUT2D eigenvalue weighted by Gasteiger charge is -2.18. The van der Waals surface area contributed by atoms with Crippen LogP contribution >= 0.6 is 15.9 Å². The van der Waals surface area contributed by atoms with Gasteiger partial charge < -0.3 is 15.7 Å². The Balaban J connectivity index is 1.86. The molecule has 1 unspecified atom stereocenters. The maximum absolute atomic E-state index is 11.2. The summed E-state index contributed by atoms with van der Waals surface area (Å²) in [5, 5.41) is 15.4. The van der Waals surface area contributed by atoms with Gasteiger partial charge in [0.05, 0.1) is 6.04 Å². The lowest BCUT2D eigenvalue weighted by molar-refractivity contribution is -0.139. The summed E-state index contributed by atoms with van der Waals surface area (Å²) < 4.78 is 0.994. The molecule has 0 saturated carbocycles. The molecule has 0 radical (unpaired) electrons. The molecular weight excluding hydrogens is 360 g/mol. The van der Waals surface area contributed by atoms with Gasteiger partial charge in [0, 0.05) is 21.8 Å². The number of hydrogen-bond acceptors (Lipinski definition) is 5. The summed E-state index contributed by atoms with van der Waals surface area (Å²) in [6.45, 7) is 2.58. The van der Waals surface area contributed by atoms with Crippen molar-refractivity contribution < 1.29 is 9.90 Å². The van der Waals surface area contributed by atoms with Crippen molar-refractivity contribution in [1.82, 2.24) is 15.3 Å². The Morgan fingerprint density at radius 1 is 1.35 bits per heavy atom. The molecule has 2 atom stereocenters. The number of nitrogens with one attached hydrogen (secondary N) is 2. The van der Waals surface area contributed by atoms with E-state index >= 15 is 0 Å². The summed E-state index contributed by atoms with van der Waals surface area (Å²) >= 11 is 3.41. The van der Waals surface area contributed by atoms with Crippen molar-refractivity contribution in [1.29, 1.82) is 0 Å². The first-order valence-electron chi connectivity index (χ1n) is 7.37. The molecule has 0 spiro atoms. The summed E-state index contributed by atoms with van der Waals surface area (Å²) in [5.74, 6) is 0.423. The fourth-order valence-corrected chi connectivity index (χ4v) is 2.94. The predicted molar refractivity (Wildman–Crippen MR) is 91.4 cm³/mol. The van der Waals surface area contributed by atoms with Gasteiger partial charge in [0.15, 0.2) is 5.82 Å². The monoisotopic (exact) mass is 376 g/mol. The van der Waals surface area contributed by atoms with Gasteiger partial charge in [0.1, 0.15) is 11.9 Å². The molecule has 3 N–H and O–H groups in total. The number of aromatic nitrogens is 2. The minimum Gasteiger partial charge on any atom is -0.480 e. The van der Waals surface area contributed by atoms with Gasteiger partial charge in [-0.05, 0) is 32.0 Å². The smallest absolute Gasteiger partial charge is 0.322 e. The van der Waals surface area contributed by atoms with Crippen LogP contribution in [0.25, 0.3) is 11.4 Å². The minimum absolute atomic E-state index is 0.181. The number of aliphatic carboxylic acids is 1. The second-order valence-electron chi connectivity index (χ2n) is 5.53. The first-order valence-corrected chi connectivity index (χ1v) is 8.16. The Hall–Kier alpha value is -1.99. The van der Waals surface area contributed by atoms with Crippen molar-refractivity contribution >= 4 is 27.7 Å². The van der Waals surface area contributed by atoms with Crippen molar-refractivity contribution in [3.63, 3.8) is 0 Å². The molecular formula is C16H17BrN4O2. The lowest BCUT2D eigenvalue weighted by Crippen LogP contribution is -2.42. The van der Waals surface area contributed by atoms with Crippen molar-refractivity contribution in [2.24, 2.45) is 0 Å². The van der Waals surface area contributed by atoms with Crippen LogP contribution in [0.2, 0.25) is 0 Å². The Labute approximate surface area is 142 Å². The largest absolute Gasteiger partial charge is 0.480 e. The second kappa shape index (κ2) is 6.64. The Morgan fingerprint density at radius 2 is 2.09 bits per heavy atom. The van der Waals surface area contributed by atoms with Crippen LogP contribution in [0, 0.1) is 6.92 Å². The van der Waals surface area contributed by atoms with Gasteiger partial charge in [0.25, 0.3) is 0 Å². The highest BCUT2D eigenvalue weighted by atomic mass is 79.9. The highest BCUT2D eigenvalue weighted by molar-refractivity contribution is 9.10. The third-order valence-corrected chi connectivity index (χ3v) is 4.31. The van der Waals surface area contributed by atoms with E-state index in [2.05, 4.69) is 36.5 Å². The molecule has 1 saturated heterocycles. The van der Waals surface area contributed by atoms with E-state index in [0.717, 1.165) is 22.2 Å². The molecule has 120 valence electrons. The van der Waals surface area contributed by atoms with Gasteiger partial charge in [-0.1, -0.05) is 28.1 Å². The van der Waals surface area contributed by atoms with E-state index in [1.165, 1.54) is 0 Å². The fourth-order valence-electron chi connectivity index (χ4n) is 2.68. The molecule has 3 rings (SSSR count). The maximum Gasteiger partial charge on any atom is 0.322 e. The van der Waals surface area contributed by atoms with Crippen LogP contribution in [-0.2, 0) is 4.79 Å². The quantitative estimate of drug-likeness (QED) is 0.759. The number of anilines is 1. The van der Waals surface area contributed by atoms with Crippen LogP contribution < -0.4 is 10.6 Å². The minimum atomic E-state index is -0.848. The summed E-state index contributed by atoms with van der Waals surface area (Å²) in [7, 11) is 0. The maximum atomic E-state index is 11.2.